The molecule has 0 amide bonds. The van der Waals surface area contributed by atoms with Crippen molar-refractivity contribution in [1.82, 2.24) is 0 Å². The van der Waals surface area contributed by atoms with Crippen LogP contribution in [0.2, 0.25) is 0 Å². The molecule has 0 radical (unpaired) electrons. The molecule has 0 saturated carbocycles. The van der Waals surface area contributed by atoms with Crippen molar-refractivity contribution in [3.63, 3.8) is 0 Å². The Morgan fingerprint density at radius 2 is 2.06 bits per heavy atom. The molecule has 1 aliphatic rings. The maximum absolute atomic E-state index is 10.4. The fraction of sp³-hybridized carbons (Fsp3) is 0.154. The lowest BCUT2D eigenvalue weighted by Gasteiger charge is -2.25. The summed E-state index contributed by atoms with van der Waals surface area (Å²) < 4.78 is 0. The van der Waals surface area contributed by atoms with Crippen molar-refractivity contribution in [2.75, 3.05) is 0 Å². The average Bonchev–Trinajstić information content (AvgIpc) is 2.31. The van der Waals surface area contributed by atoms with Gasteiger partial charge in [-0.2, -0.15) is 4.99 Å². The first-order valence-corrected chi connectivity index (χ1v) is 5.35. The smallest absolute Gasteiger partial charge is 0.211 e. The van der Waals surface area contributed by atoms with Gasteiger partial charge in [-0.25, -0.2) is 4.79 Å². The molecular formula is C13H10ClNO. The quantitative estimate of drug-likeness (QED) is 0.332. The number of halogens is 1. The summed E-state index contributed by atoms with van der Waals surface area (Å²) in [5.41, 5.74) is 1.81. The Balaban J connectivity index is 2.49. The van der Waals surface area contributed by atoms with E-state index in [4.69, 9.17) is 11.6 Å². The zero-order valence-corrected chi connectivity index (χ0v) is 9.32. The molecule has 0 heterocycles. The Kier molecular flexibility index (Phi) is 3.04. The minimum Gasteiger partial charge on any atom is -0.211 e. The van der Waals surface area contributed by atoms with E-state index in [1.807, 2.05) is 48.6 Å². The highest BCUT2D eigenvalue weighted by Gasteiger charge is 2.32. The molecule has 3 heteroatoms. The summed E-state index contributed by atoms with van der Waals surface area (Å²) in [6.07, 6.45) is 7.74. The third-order valence-electron chi connectivity index (χ3n) is 2.51. The molecule has 0 fully saturated rings. The first kappa shape index (κ1) is 10.9. The van der Waals surface area contributed by atoms with E-state index in [1.165, 1.54) is 0 Å². The van der Waals surface area contributed by atoms with Gasteiger partial charge in [0.1, 0.15) is 0 Å². The van der Waals surface area contributed by atoms with Gasteiger partial charge < -0.3 is 0 Å². The number of hydrogen-bond acceptors (Lipinski definition) is 2. The van der Waals surface area contributed by atoms with E-state index >= 15 is 0 Å². The standard InChI is InChI=1S/C13H10ClNO/c14-13(15-10-16)9-5-4-8-12(13)11-6-2-1-3-7-11/h1-8H,9H2. The van der Waals surface area contributed by atoms with E-state index in [-0.39, 0.29) is 0 Å². The lowest BCUT2D eigenvalue weighted by atomic mass is 9.92. The summed E-state index contributed by atoms with van der Waals surface area (Å²) in [4.78, 5) is 13.1. The zero-order chi connectivity index (χ0) is 11.4. The van der Waals surface area contributed by atoms with Gasteiger partial charge >= 0.3 is 0 Å². The summed E-state index contributed by atoms with van der Waals surface area (Å²) in [6, 6.07) is 9.68. The van der Waals surface area contributed by atoms with Crippen LogP contribution in [-0.2, 0) is 4.79 Å². The SMILES string of the molecule is O=C=NC1(Cl)CC=CC=C1c1ccccc1. The fourth-order valence-electron chi connectivity index (χ4n) is 1.74. The fourth-order valence-corrected chi connectivity index (χ4v) is 2.04. The van der Waals surface area contributed by atoms with Gasteiger partial charge in [0, 0.05) is 12.0 Å². The monoisotopic (exact) mass is 231 g/mol. The van der Waals surface area contributed by atoms with Crippen LogP contribution in [0.4, 0.5) is 0 Å². The minimum atomic E-state index is -1.00. The Hall–Kier alpha value is -1.63. The van der Waals surface area contributed by atoms with Crippen molar-refractivity contribution in [3.05, 3.63) is 54.1 Å². The molecule has 2 rings (SSSR count). The summed E-state index contributed by atoms with van der Waals surface area (Å²) in [7, 11) is 0. The number of carbonyl (C=O) groups excluding carboxylic acids is 1. The van der Waals surface area contributed by atoms with Crippen molar-refractivity contribution in [2.24, 2.45) is 4.99 Å². The predicted molar refractivity (Wildman–Crippen MR) is 64.9 cm³/mol. The second kappa shape index (κ2) is 4.48. The van der Waals surface area contributed by atoms with E-state index in [2.05, 4.69) is 4.99 Å². The molecule has 2 nitrogen and oxygen atoms in total. The van der Waals surface area contributed by atoms with Crippen LogP contribution in [-0.4, -0.2) is 11.1 Å². The largest absolute Gasteiger partial charge is 0.237 e. The van der Waals surface area contributed by atoms with Crippen molar-refractivity contribution in [1.29, 1.82) is 0 Å². The Morgan fingerprint density at radius 1 is 1.31 bits per heavy atom. The van der Waals surface area contributed by atoms with Crippen LogP contribution < -0.4 is 0 Å². The predicted octanol–water partition coefficient (Wildman–Crippen LogP) is 3.30. The molecule has 0 bridgehead atoms. The van der Waals surface area contributed by atoms with Gasteiger partial charge in [-0.05, 0) is 5.56 Å². The number of aliphatic imine (C=N–C) groups is 1. The molecule has 16 heavy (non-hydrogen) atoms. The van der Waals surface area contributed by atoms with Gasteiger partial charge in [0.25, 0.3) is 0 Å². The van der Waals surface area contributed by atoms with E-state index < -0.39 is 5.00 Å². The van der Waals surface area contributed by atoms with Gasteiger partial charge in [0.05, 0.1) is 0 Å². The Labute approximate surface area is 99.0 Å². The summed E-state index contributed by atoms with van der Waals surface area (Å²) in [5, 5.41) is 0. The van der Waals surface area contributed by atoms with Crippen LogP contribution >= 0.6 is 11.6 Å². The van der Waals surface area contributed by atoms with Gasteiger partial charge in [0.15, 0.2) is 5.00 Å². The van der Waals surface area contributed by atoms with Crippen LogP contribution in [0.3, 0.4) is 0 Å². The molecule has 1 aromatic carbocycles. The topological polar surface area (TPSA) is 29.4 Å². The molecule has 1 aliphatic carbocycles. The molecule has 0 spiro atoms. The van der Waals surface area contributed by atoms with Crippen LogP contribution in [0.15, 0.2) is 53.6 Å². The van der Waals surface area contributed by atoms with Gasteiger partial charge in [0.2, 0.25) is 6.08 Å². The molecule has 0 aromatic heterocycles. The highest BCUT2D eigenvalue weighted by atomic mass is 35.5. The molecule has 1 aromatic rings. The molecule has 80 valence electrons. The van der Waals surface area contributed by atoms with Crippen LogP contribution in [0.1, 0.15) is 12.0 Å². The first-order chi connectivity index (χ1) is 7.76. The summed E-state index contributed by atoms with van der Waals surface area (Å²) in [6.45, 7) is 0. The number of benzene rings is 1. The number of isocyanates is 1. The second-order valence-electron chi connectivity index (χ2n) is 3.54. The van der Waals surface area contributed by atoms with Crippen molar-refractivity contribution in [2.45, 2.75) is 11.4 Å². The minimum absolute atomic E-state index is 0.504. The molecule has 0 aliphatic heterocycles. The maximum Gasteiger partial charge on any atom is 0.237 e. The normalized spacial score (nSPS) is 23.4. The molecule has 0 saturated heterocycles. The van der Waals surface area contributed by atoms with Crippen LogP contribution in [0.25, 0.3) is 5.57 Å². The van der Waals surface area contributed by atoms with Gasteiger partial charge in [-0.15, -0.1) is 0 Å². The van der Waals surface area contributed by atoms with E-state index in [9.17, 15) is 4.79 Å². The summed E-state index contributed by atoms with van der Waals surface area (Å²) in [5.74, 6) is 0. The van der Waals surface area contributed by atoms with Crippen LogP contribution in [0.5, 0.6) is 0 Å². The third-order valence-corrected chi connectivity index (χ3v) is 2.95. The Bertz CT molecular complexity index is 486. The van der Waals surface area contributed by atoms with E-state index in [0.29, 0.717) is 6.42 Å². The molecule has 1 unspecified atom stereocenters. The van der Waals surface area contributed by atoms with Gasteiger partial charge in [-0.1, -0.05) is 60.2 Å². The lowest BCUT2D eigenvalue weighted by Crippen LogP contribution is -2.21. The molecule has 1 atom stereocenters. The number of alkyl halides is 1. The zero-order valence-electron chi connectivity index (χ0n) is 8.56. The van der Waals surface area contributed by atoms with Crippen LogP contribution in [0, 0.1) is 0 Å². The van der Waals surface area contributed by atoms with Gasteiger partial charge in [-0.3, -0.25) is 0 Å². The third kappa shape index (κ3) is 1.99. The molecule has 0 N–H and O–H groups in total. The highest BCUT2D eigenvalue weighted by molar-refractivity contribution is 6.30. The number of nitrogens with zero attached hydrogens (tertiary/aromatic N) is 1. The second-order valence-corrected chi connectivity index (χ2v) is 4.17. The highest BCUT2D eigenvalue weighted by Crippen LogP contribution is 2.39. The maximum atomic E-state index is 10.4. The van der Waals surface area contributed by atoms with E-state index in [1.54, 1.807) is 6.08 Å². The van der Waals surface area contributed by atoms with Crippen molar-refractivity contribution in [3.8, 4) is 0 Å². The molecular weight excluding hydrogens is 222 g/mol. The first-order valence-electron chi connectivity index (χ1n) is 4.97. The van der Waals surface area contributed by atoms with E-state index in [0.717, 1.165) is 11.1 Å². The Morgan fingerprint density at radius 3 is 2.75 bits per heavy atom. The lowest BCUT2D eigenvalue weighted by molar-refractivity contribution is 0.558. The van der Waals surface area contributed by atoms with Crippen molar-refractivity contribution >= 4 is 23.3 Å². The summed E-state index contributed by atoms with van der Waals surface area (Å²) >= 11 is 6.33. The number of allylic oxidation sites excluding steroid dienone is 2. The number of rotatable bonds is 2. The number of hydrogen-bond donors (Lipinski definition) is 0. The van der Waals surface area contributed by atoms with Crippen molar-refractivity contribution < 1.29 is 4.79 Å². The average molecular weight is 232 g/mol.